The highest BCUT2D eigenvalue weighted by atomic mass is 32.2. The van der Waals surface area contributed by atoms with E-state index in [1.807, 2.05) is 0 Å². The van der Waals surface area contributed by atoms with Crippen molar-refractivity contribution in [2.45, 2.75) is 36.5 Å². The zero-order valence-electron chi connectivity index (χ0n) is 12.9. The lowest BCUT2D eigenvalue weighted by molar-refractivity contribution is -0.240. The van der Waals surface area contributed by atoms with E-state index in [1.165, 1.54) is 11.8 Å². The summed E-state index contributed by atoms with van der Waals surface area (Å²) in [5.41, 5.74) is -6.49. The maximum absolute atomic E-state index is 12.5. The molecule has 0 saturated carbocycles. The number of amides is 2. The van der Waals surface area contributed by atoms with Crippen molar-refractivity contribution in [3.63, 3.8) is 0 Å². The fourth-order valence-electron chi connectivity index (χ4n) is 2.80. The lowest BCUT2D eigenvalue weighted by atomic mass is 9.83. The maximum atomic E-state index is 12.5. The summed E-state index contributed by atoms with van der Waals surface area (Å²) < 4.78 is 5.43. The van der Waals surface area contributed by atoms with Gasteiger partial charge in [-0.15, -0.1) is 0 Å². The summed E-state index contributed by atoms with van der Waals surface area (Å²) in [4.78, 5) is 24.9. The number of thioether (sulfide) groups is 1. The van der Waals surface area contributed by atoms with E-state index in [4.69, 9.17) is 4.74 Å². The van der Waals surface area contributed by atoms with Crippen LogP contribution in [0.1, 0.15) is 13.3 Å². The number of nitrogens with one attached hydrogen (secondary N) is 2. The number of carbonyl (C=O) groups excluding carboxylic acids is 2. The van der Waals surface area contributed by atoms with E-state index in [2.05, 4.69) is 10.6 Å². The Balaban J connectivity index is 2.41. The van der Waals surface area contributed by atoms with E-state index < -0.39 is 47.5 Å². The van der Waals surface area contributed by atoms with Gasteiger partial charge in [0.1, 0.15) is 11.7 Å². The van der Waals surface area contributed by atoms with Crippen molar-refractivity contribution in [1.29, 1.82) is 0 Å². The Morgan fingerprint density at radius 2 is 2.09 bits per heavy atom. The third kappa shape index (κ3) is 2.83. The van der Waals surface area contributed by atoms with Gasteiger partial charge in [-0.1, -0.05) is 0 Å². The monoisotopic (exact) mass is 350 g/mol. The summed E-state index contributed by atoms with van der Waals surface area (Å²) in [6, 6.07) is 0. The Morgan fingerprint density at radius 3 is 2.65 bits per heavy atom. The summed E-state index contributed by atoms with van der Waals surface area (Å²) in [5, 5.41) is 44.6. The topological polar surface area (TPSA) is 148 Å². The van der Waals surface area contributed by atoms with Crippen molar-refractivity contribution in [1.82, 2.24) is 10.6 Å². The van der Waals surface area contributed by atoms with Crippen molar-refractivity contribution < 1.29 is 34.8 Å². The molecule has 3 aliphatic heterocycles. The molecule has 0 aromatic carbocycles. The second-order valence-corrected chi connectivity index (χ2v) is 7.03. The molecular weight excluding hydrogens is 328 g/mol. The van der Waals surface area contributed by atoms with E-state index in [0.717, 1.165) is 6.92 Å². The molecule has 0 aromatic heterocycles. The molecule has 0 spiro atoms. The second kappa shape index (κ2) is 6.19. The number of fused-ring (bicyclic) bond motifs is 5. The minimum Gasteiger partial charge on any atom is -0.393 e. The van der Waals surface area contributed by atoms with Crippen LogP contribution < -0.4 is 10.6 Å². The molecule has 6 N–H and O–H groups in total. The van der Waals surface area contributed by atoms with E-state index in [9.17, 15) is 30.0 Å². The Labute approximate surface area is 137 Å². The van der Waals surface area contributed by atoms with Gasteiger partial charge < -0.3 is 35.8 Å². The molecule has 132 valence electrons. The predicted molar refractivity (Wildman–Crippen MR) is 80.1 cm³/mol. The highest BCUT2D eigenvalue weighted by Gasteiger charge is 2.64. The Hall–Kier alpha value is -0.910. The molecule has 2 bridgehead atoms. The smallest absolute Gasteiger partial charge is 0.278 e. The number of aliphatic hydroxyl groups is 4. The normalized spacial score (nSPS) is 38.1. The number of ether oxygens (including phenoxy) is 1. The van der Waals surface area contributed by atoms with Gasteiger partial charge in [-0.25, -0.2) is 0 Å². The summed E-state index contributed by atoms with van der Waals surface area (Å²) in [7, 11) is 0. The zero-order chi connectivity index (χ0) is 17.5. The predicted octanol–water partition coefficient (Wildman–Crippen LogP) is -2.88. The van der Waals surface area contributed by atoms with Crippen molar-refractivity contribution in [2.24, 2.45) is 5.92 Å². The van der Waals surface area contributed by atoms with Gasteiger partial charge in [-0.3, -0.25) is 9.59 Å². The SMILES string of the molecule is CSC[C@@H]1CCO[C@]2([C@@H](O)[C@@](C)(O)CO)NC(=O)[C@@]1(O)NC2=O. The highest BCUT2D eigenvalue weighted by molar-refractivity contribution is 7.98. The van der Waals surface area contributed by atoms with Crippen LogP contribution in [0.15, 0.2) is 0 Å². The fraction of sp³-hybridized carbons (Fsp3) is 0.846. The molecule has 2 amide bonds. The maximum Gasteiger partial charge on any atom is 0.278 e. The zero-order valence-corrected chi connectivity index (χ0v) is 13.7. The number of aliphatic hydroxyl groups excluding tert-OH is 2. The number of hydrogen-bond acceptors (Lipinski definition) is 8. The first kappa shape index (κ1) is 18.4. The van der Waals surface area contributed by atoms with Gasteiger partial charge >= 0.3 is 0 Å². The van der Waals surface area contributed by atoms with E-state index >= 15 is 0 Å². The molecule has 5 atom stereocenters. The minimum absolute atomic E-state index is 0.0280. The van der Waals surface area contributed by atoms with E-state index in [0.29, 0.717) is 5.75 Å². The van der Waals surface area contributed by atoms with Crippen molar-refractivity contribution in [3.05, 3.63) is 0 Å². The van der Waals surface area contributed by atoms with Crippen LogP contribution >= 0.6 is 11.8 Å². The highest BCUT2D eigenvalue weighted by Crippen LogP contribution is 2.34. The Kier molecular flexibility index (Phi) is 4.96. The van der Waals surface area contributed by atoms with Crippen molar-refractivity contribution in [2.75, 3.05) is 25.2 Å². The fourth-order valence-corrected chi connectivity index (χ4v) is 3.61. The molecule has 0 radical (unpaired) electrons. The van der Waals surface area contributed by atoms with Crippen LogP contribution in [0, 0.1) is 5.92 Å². The molecule has 3 aliphatic rings. The van der Waals surface area contributed by atoms with Gasteiger partial charge in [0.2, 0.25) is 5.72 Å². The lowest BCUT2D eigenvalue weighted by Gasteiger charge is -2.51. The average Bonchev–Trinajstić information content (AvgIpc) is 2.49. The van der Waals surface area contributed by atoms with Crippen LogP contribution in [0.2, 0.25) is 0 Å². The largest absolute Gasteiger partial charge is 0.393 e. The van der Waals surface area contributed by atoms with Crippen LogP contribution in [0.25, 0.3) is 0 Å². The van der Waals surface area contributed by atoms with Gasteiger partial charge in [0, 0.05) is 11.7 Å². The molecule has 0 aromatic rings. The third-order valence-corrected chi connectivity index (χ3v) is 5.07. The molecule has 23 heavy (non-hydrogen) atoms. The molecule has 9 nitrogen and oxygen atoms in total. The molecule has 3 fully saturated rings. The molecule has 10 heteroatoms. The average molecular weight is 350 g/mol. The number of hydrogen-bond donors (Lipinski definition) is 6. The molecule has 0 aliphatic carbocycles. The molecule has 3 heterocycles. The Morgan fingerprint density at radius 1 is 1.43 bits per heavy atom. The number of piperazine rings is 1. The summed E-state index contributed by atoms with van der Waals surface area (Å²) in [5.74, 6) is -2.07. The first-order valence-electron chi connectivity index (χ1n) is 7.16. The first-order chi connectivity index (χ1) is 10.6. The van der Waals surface area contributed by atoms with Gasteiger partial charge in [0.05, 0.1) is 13.2 Å². The van der Waals surface area contributed by atoms with Crippen LogP contribution in [0.5, 0.6) is 0 Å². The summed E-state index contributed by atoms with van der Waals surface area (Å²) in [6.07, 6.45) is 0.129. The molecule has 0 unspecified atom stereocenters. The van der Waals surface area contributed by atoms with Crippen molar-refractivity contribution >= 4 is 23.6 Å². The number of rotatable bonds is 5. The third-order valence-electron chi connectivity index (χ3n) is 4.34. The Bertz CT molecular complexity index is 503. The first-order valence-corrected chi connectivity index (χ1v) is 8.55. The van der Waals surface area contributed by atoms with Crippen molar-refractivity contribution in [3.8, 4) is 0 Å². The molecular formula is C13H22N2O7S. The van der Waals surface area contributed by atoms with Gasteiger partial charge in [-0.2, -0.15) is 11.8 Å². The summed E-state index contributed by atoms with van der Waals surface area (Å²) in [6.45, 7) is 0.215. The quantitative estimate of drug-likeness (QED) is 0.310. The van der Waals surface area contributed by atoms with E-state index in [-0.39, 0.29) is 13.0 Å². The standard InChI is InChI=1S/C13H22N2O7S/c1-11(20,6-16)8(17)13-10(19)14-12(21,9(18)15-13)7(5-23-2)3-4-22-13/h7-8,16-17,20-21H,3-6H2,1-2H3,(H,14,19)(H,15,18)/t7-,8-,11-,12+,13-/m0/s1. The second-order valence-electron chi connectivity index (χ2n) is 6.12. The van der Waals surface area contributed by atoms with Gasteiger partial charge in [0.25, 0.3) is 17.5 Å². The van der Waals surface area contributed by atoms with Crippen LogP contribution in [-0.2, 0) is 14.3 Å². The van der Waals surface area contributed by atoms with Crippen LogP contribution in [0.4, 0.5) is 0 Å². The number of carbonyl (C=O) groups is 2. The van der Waals surface area contributed by atoms with Crippen LogP contribution in [-0.4, -0.2) is 80.6 Å². The van der Waals surface area contributed by atoms with Gasteiger partial charge in [-0.05, 0) is 19.6 Å². The summed E-state index contributed by atoms with van der Waals surface area (Å²) >= 11 is 1.41. The van der Waals surface area contributed by atoms with Gasteiger partial charge in [0.15, 0.2) is 0 Å². The lowest BCUT2D eigenvalue weighted by Crippen LogP contribution is -2.83. The van der Waals surface area contributed by atoms with Crippen LogP contribution in [0.3, 0.4) is 0 Å². The molecule has 3 saturated heterocycles. The minimum atomic E-state index is -2.28. The molecule has 3 rings (SSSR count). The van der Waals surface area contributed by atoms with E-state index in [1.54, 1.807) is 6.26 Å².